The highest BCUT2D eigenvalue weighted by molar-refractivity contribution is 7.79. The monoisotopic (exact) mass is 345 g/mol. The fraction of sp³-hybridized carbons (Fsp3) is 1.00. The maximum Gasteiger partial charge on any atom is 0.394 e. The number of rotatable bonds is 1. The van der Waals surface area contributed by atoms with Crippen LogP contribution in [-0.4, -0.2) is 53.4 Å². The Balaban J connectivity index is -0.000000219. The Kier molecular flexibility index (Phi) is 12.7. The molecule has 0 radical (unpaired) electrons. The molecule has 0 aromatic carbocycles. The second kappa shape index (κ2) is 10.5. The van der Waals surface area contributed by atoms with Crippen LogP contribution in [0.5, 0.6) is 0 Å². The van der Waals surface area contributed by atoms with Gasteiger partial charge in [0.05, 0.1) is 6.61 Å². The van der Waals surface area contributed by atoms with Gasteiger partial charge in [0.1, 0.15) is 0 Å². The van der Waals surface area contributed by atoms with Gasteiger partial charge in [-0.15, -0.1) is 0 Å². The Morgan fingerprint density at radius 2 is 1.27 bits per heavy atom. The van der Waals surface area contributed by atoms with Gasteiger partial charge < -0.3 is 21.9 Å². The maximum absolute atomic E-state index is 8.74. The molecule has 0 bridgehead atoms. The minimum Gasteiger partial charge on any atom is -0.394 e. The second-order valence-corrected chi connectivity index (χ2v) is 8.49. The lowest BCUT2D eigenvalue weighted by molar-refractivity contribution is 0.221. The van der Waals surface area contributed by atoms with Gasteiger partial charge in [0, 0.05) is 17.6 Å². The van der Waals surface area contributed by atoms with Gasteiger partial charge in [-0.2, -0.15) is 8.42 Å². The van der Waals surface area contributed by atoms with Crippen LogP contribution < -0.4 is 16.8 Å². The molecule has 1 aliphatic rings. The summed E-state index contributed by atoms with van der Waals surface area (Å²) in [6.07, 6.45) is 0. The van der Waals surface area contributed by atoms with Crippen molar-refractivity contribution in [2.45, 2.75) is 59.5 Å². The first kappa shape index (κ1) is 26.6. The molecule has 8 nitrogen and oxygen atoms in total. The molecule has 1 rings (SSSR count). The van der Waals surface area contributed by atoms with E-state index >= 15 is 0 Å². The van der Waals surface area contributed by atoms with Gasteiger partial charge >= 0.3 is 10.4 Å². The molecule has 0 saturated carbocycles. The first-order valence-corrected chi connectivity index (χ1v) is 8.27. The molecule has 0 spiro atoms. The Hall–Kier alpha value is -0.290. The van der Waals surface area contributed by atoms with E-state index in [0.29, 0.717) is 11.0 Å². The van der Waals surface area contributed by atoms with Crippen molar-refractivity contribution in [3.63, 3.8) is 0 Å². The van der Waals surface area contributed by atoms with Gasteiger partial charge in [-0.1, -0.05) is 20.8 Å². The molecule has 0 aromatic rings. The number of aliphatic hydroxyl groups is 1. The molecule has 0 unspecified atom stereocenters. The molecule has 1 aliphatic heterocycles. The number of aliphatic hydroxyl groups excluding tert-OH is 1. The molecule has 0 aliphatic carbocycles. The zero-order valence-corrected chi connectivity index (χ0v) is 15.7. The average Bonchev–Trinajstić information content (AvgIpc) is 2.91. The second-order valence-electron chi connectivity index (χ2n) is 7.60. The van der Waals surface area contributed by atoms with E-state index in [9.17, 15) is 0 Å². The van der Waals surface area contributed by atoms with Crippen molar-refractivity contribution in [3.05, 3.63) is 0 Å². The van der Waals surface area contributed by atoms with Gasteiger partial charge in [-0.3, -0.25) is 9.11 Å². The van der Waals surface area contributed by atoms with Crippen molar-refractivity contribution in [2.75, 3.05) is 19.7 Å². The summed E-state index contributed by atoms with van der Waals surface area (Å²) in [5, 5.41) is 11.5. The first-order valence-electron chi connectivity index (χ1n) is 6.88. The fourth-order valence-corrected chi connectivity index (χ4v) is 0.177. The maximum atomic E-state index is 8.74. The predicted octanol–water partition coefficient (Wildman–Crippen LogP) is 0.423. The molecule has 1 fully saturated rings. The highest BCUT2D eigenvalue weighted by Gasteiger charge is 2.29. The molecule has 0 aromatic heterocycles. The summed E-state index contributed by atoms with van der Waals surface area (Å²) in [5.74, 6) is 0. The van der Waals surface area contributed by atoms with Crippen molar-refractivity contribution in [1.82, 2.24) is 5.32 Å². The Morgan fingerprint density at radius 3 is 1.27 bits per heavy atom. The topological polar surface area (TPSA) is 169 Å². The van der Waals surface area contributed by atoms with Crippen molar-refractivity contribution < 1.29 is 22.6 Å². The van der Waals surface area contributed by atoms with E-state index < -0.39 is 15.9 Å². The van der Waals surface area contributed by atoms with E-state index in [2.05, 4.69) is 39.9 Å². The van der Waals surface area contributed by atoms with E-state index in [4.69, 9.17) is 34.1 Å². The lowest BCUT2D eigenvalue weighted by Gasteiger charge is -2.12. The predicted molar refractivity (Wildman–Crippen MR) is 90.1 cm³/mol. The SMILES string of the molecule is CC(C)(C)CN.CC(C)(N)CO.CC1(C)CN1.O=S(=O)(O)O. The lowest BCUT2D eigenvalue weighted by atomic mass is 9.98. The zero-order chi connectivity index (χ0) is 18.8. The molecular weight excluding hydrogens is 310 g/mol. The molecule has 138 valence electrons. The lowest BCUT2D eigenvalue weighted by Crippen LogP contribution is -2.35. The normalized spacial score (nSPS) is 16.0. The van der Waals surface area contributed by atoms with E-state index in [0.717, 1.165) is 6.54 Å². The standard InChI is InChI=1S/C5H13N.C4H11NO.C4H9N.H2O4S/c1-5(2,3)4-6;1-4(2,5)3-6;1-4(2)3-5-4;1-5(2,3)4/h4,6H2,1-3H3;6H,3,5H2,1-2H3;5H,3H2,1-2H3;(H2,1,2,3,4). The molecule has 1 heterocycles. The summed E-state index contributed by atoms with van der Waals surface area (Å²) in [7, 11) is -4.67. The van der Waals surface area contributed by atoms with Crippen LogP contribution in [0.15, 0.2) is 0 Å². The Bertz CT molecular complexity index is 342. The van der Waals surface area contributed by atoms with E-state index in [1.807, 2.05) is 0 Å². The van der Waals surface area contributed by atoms with Gasteiger partial charge in [0.15, 0.2) is 0 Å². The van der Waals surface area contributed by atoms with Gasteiger partial charge in [0.2, 0.25) is 0 Å². The van der Waals surface area contributed by atoms with Crippen LogP contribution >= 0.6 is 0 Å². The zero-order valence-electron chi connectivity index (χ0n) is 14.8. The first-order chi connectivity index (χ1) is 9.33. The van der Waals surface area contributed by atoms with Crippen LogP contribution in [-0.2, 0) is 10.4 Å². The number of nitrogens with two attached hydrogens (primary N) is 2. The molecule has 0 amide bonds. The van der Waals surface area contributed by atoms with Crippen LogP contribution in [0.2, 0.25) is 0 Å². The third kappa shape index (κ3) is 60.2. The van der Waals surface area contributed by atoms with Gasteiger partial charge in [-0.05, 0) is 39.7 Å². The molecular formula is C13H35N3O5S. The third-order valence-corrected chi connectivity index (χ3v) is 1.90. The van der Waals surface area contributed by atoms with Crippen LogP contribution in [0.4, 0.5) is 0 Å². The summed E-state index contributed by atoms with van der Waals surface area (Å²) in [6.45, 7) is 16.3. The fourth-order valence-electron chi connectivity index (χ4n) is 0.177. The highest BCUT2D eigenvalue weighted by Crippen LogP contribution is 2.11. The molecule has 1 saturated heterocycles. The Morgan fingerprint density at radius 1 is 1.14 bits per heavy atom. The van der Waals surface area contributed by atoms with Crippen molar-refractivity contribution >= 4 is 10.4 Å². The summed E-state index contributed by atoms with van der Waals surface area (Å²) < 4.78 is 31.6. The molecule has 8 N–H and O–H groups in total. The van der Waals surface area contributed by atoms with Crippen molar-refractivity contribution in [1.29, 1.82) is 0 Å². The van der Waals surface area contributed by atoms with E-state index in [-0.39, 0.29) is 6.61 Å². The summed E-state index contributed by atoms with van der Waals surface area (Å²) in [6, 6.07) is 0. The largest absolute Gasteiger partial charge is 0.394 e. The van der Waals surface area contributed by atoms with E-state index in [1.165, 1.54) is 6.54 Å². The summed E-state index contributed by atoms with van der Waals surface area (Å²) >= 11 is 0. The molecule has 0 atom stereocenters. The van der Waals surface area contributed by atoms with Crippen LogP contribution in [0.1, 0.15) is 48.5 Å². The molecule has 22 heavy (non-hydrogen) atoms. The molecule has 9 heteroatoms. The number of hydrogen-bond acceptors (Lipinski definition) is 6. The van der Waals surface area contributed by atoms with Crippen molar-refractivity contribution in [2.24, 2.45) is 16.9 Å². The number of nitrogens with one attached hydrogen (secondary N) is 1. The van der Waals surface area contributed by atoms with Crippen molar-refractivity contribution in [3.8, 4) is 0 Å². The van der Waals surface area contributed by atoms with Crippen LogP contribution in [0.25, 0.3) is 0 Å². The minimum atomic E-state index is -4.67. The third-order valence-electron chi connectivity index (χ3n) is 1.90. The average molecular weight is 346 g/mol. The van der Waals surface area contributed by atoms with Crippen LogP contribution in [0.3, 0.4) is 0 Å². The van der Waals surface area contributed by atoms with Crippen LogP contribution in [0, 0.1) is 5.41 Å². The quantitative estimate of drug-likeness (QED) is 0.293. The minimum absolute atomic E-state index is 0.0486. The summed E-state index contributed by atoms with van der Waals surface area (Å²) in [5.41, 5.74) is 11.0. The summed E-state index contributed by atoms with van der Waals surface area (Å²) in [4.78, 5) is 0. The van der Waals surface area contributed by atoms with Gasteiger partial charge in [0.25, 0.3) is 0 Å². The highest BCUT2D eigenvalue weighted by atomic mass is 32.3. The number of hydrogen-bond donors (Lipinski definition) is 6. The van der Waals surface area contributed by atoms with Gasteiger partial charge in [-0.25, -0.2) is 0 Å². The Labute approximate surface area is 135 Å². The van der Waals surface area contributed by atoms with E-state index in [1.54, 1.807) is 13.8 Å². The smallest absolute Gasteiger partial charge is 0.394 e.